The number of ketones is 1. The van der Waals surface area contributed by atoms with Crippen LogP contribution in [0.15, 0.2) is 35.7 Å². The molecule has 0 aliphatic carbocycles. The molecule has 4 nitrogen and oxygen atoms in total. The number of hydrogen-bond donors (Lipinski definition) is 1. The van der Waals surface area contributed by atoms with Gasteiger partial charge in [0.05, 0.1) is 18.7 Å². The van der Waals surface area contributed by atoms with Crippen LogP contribution in [0, 0.1) is 0 Å². The summed E-state index contributed by atoms with van der Waals surface area (Å²) >= 11 is 1.50. The molecule has 0 atom stereocenters. The summed E-state index contributed by atoms with van der Waals surface area (Å²) < 4.78 is 5.11. The van der Waals surface area contributed by atoms with Crippen LogP contribution in [0.3, 0.4) is 0 Å². The number of carbonyl (C=O) groups is 1. The van der Waals surface area contributed by atoms with Gasteiger partial charge in [-0.2, -0.15) is 0 Å². The first-order valence-corrected chi connectivity index (χ1v) is 6.97. The van der Waals surface area contributed by atoms with E-state index in [1.165, 1.54) is 11.3 Å². The van der Waals surface area contributed by atoms with Crippen LogP contribution in [0.5, 0.6) is 0 Å². The van der Waals surface area contributed by atoms with E-state index in [0.717, 1.165) is 16.3 Å². The van der Waals surface area contributed by atoms with Crippen LogP contribution in [0.2, 0.25) is 0 Å². The second kappa shape index (κ2) is 7.13. The smallest absolute Gasteiger partial charge is 0.165 e. The molecule has 0 saturated carbocycles. The Morgan fingerprint density at radius 1 is 1.32 bits per heavy atom. The number of Topliss-reactive ketones (excluding diaryl/α,β-unsaturated/α-hetero) is 1. The summed E-state index contributed by atoms with van der Waals surface area (Å²) in [4.78, 5) is 16.1. The minimum atomic E-state index is 0.0300. The van der Waals surface area contributed by atoms with E-state index in [9.17, 15) is 4.79 Å². The molecule has 1 aromatic carbocycles. The Morgan fingerprint density at radius 2 is 2.11 bits per heavy atom. The Hall–Kier alpha value is -1.56. The van der Waals surface area contributed by atoms with Gasteiger partial charge in [-0.05, 0) is 0 Å². The monoisotopic (exact) mass is 276 g/mol. The normalized spacial score (nSPS) is 10.6. The summed E-state index contributed by atoms with van der Waals surface area (Å²) in [6, 6.07) is 9.92. The molecule has 0 aliphatic rings. The molecule has 2 rings (SSSR count). The Labute approximate surface area is 116 Å². The van der Waals surface area contributed by atoms with E-state index in [4.69, 9.17) is 10.5 Å². The van der Waals surface area contributed by atoms with E-state index in [0.29, 0.717) is 19.6 Å². The summed E-state index contributed by atoms with van der Waals surface area (Å²) in [6.07, 6.45) is 0.321. The maximum Gasteiger partial charge on any atom is 0.165 e. The van der Waals surface area contributed by atoms with E-state index in [1.807, 2.05) is 35.7 Å². The third kappa shape index (κ3) is 4.24. The average molecular weight is 276 g/mol. The fourth-order valence-electron chi connectivity index (χ4n) is 1.62. The van der Waals surface area contributed by atoms with Crippen molar-refractivity contribution in [2.45, 2.75) is 6.42 Å². The molecule has 100 valence electrons. The van der Waals surface area contributed by atoms with E-state index in [1.54, 1.807) is 0 Å². The highest BCUT2D eigenvalue weighted by molar-refractivity contribution is 7.10. The summed E-state index contributed by atoms with van der Waals surface area (Å²) in [7, 11) is 0. The second-order valence-corrected chi connectivity index (χ2v) is 4.99. The van der Waals surface area contributed by atoms with E-state index >= 15 is 0 Å². The molecule has 0 amide bonds. The molecule has 0 aliphatic heterocycles. The first-order valence-electron chi connectivity index (χ1n) is 6.09. The molecule has 2 aromatic rings. The molecule has 0 spiro atoms. The van der Waals surface area contributed by atoms with Crippen molar-refractivity contribution in [3.63, 3.8) is 0 Å². The second-order valence-electron chi connectivity index (χ2n) is 4.05. The Morgan fingerprint density at radius 3 is 2.84 bits per heavy atom. The van der Waals surface area contributed by atoms with Crippen molar-refractivity contribution in [2.24, 2.45) is 5.73 Å². The number of hydrogen-bond acceptors (Lipinski definition) is 5. The van der Waals surface area contributed by atoms with Gasteiger partial charge in [0.2, 0.25) is 0 Å². The van der Waals surface area contributed by atoms with Gasteiger partial charge in [0.1, 0.15) is 11.6 Å². The van der Waals surface area contributed by atoms with Crippen molar-refractivity contribution < 1.29 is 9.53 Å². The fraction of sp³-hybridized carbons (Fsp3) is 0.286. The molecule has 2 N–H and O–H groups in total. The molecule has 0 radical (unpaired) electrons. The Kier molecular flexibility index (Phi) is 5.20. The third-order valence-electron chi connectivity index (χ3n) is 2.49. The highest BCUT2D eigenvalue weighted by Crippen LogP contribution is 2.21. The predicted molar refractivity (Wildman–Crippen MR) is 76.1 cm³/mol. The number of carbonyl (C=O) groups excluding carboxylic acids is 1. The predicted octanol–water partition coefficient (Wildman–Crippen LogP) is 1.90. The van der Waals surface area contributed by atoms with Crippen molar-refractivity contribution >= 4 is 17.1 Å². The van der Waals surface area contributed by atoms with Crippen LogP contribution < -0.4 is 5.73 Å². The number of aromatic nitrogens is 1. The lowest BCUT2D eigenvalue weighted by molar-refractivity contribution is -0.122. The third-order valence-corrected chi connectivity index (χ3v) is 3.34. The van der Waals surface area contributed by atoms with Gasteiger partial charge in [-0.15, -0.1) is 11.3 Å². The van der Waals surface area contributed by atoms with E-state index < -0.39 is 0 Å². The van der Waals surface area contributed by atoms with Gasteiger partial charge in [0, 0.05) is 17.5 Å². The number of nitrogens with two attached hydrogens (primary N) is 1. The summed E-state index contributed by atoms with van der Waals surface area (Å²) in [5.74, 6) is 0.0300. The van der Waals surface area contributed by atoms with Crippen LogP contribution in [0.25, 0.3) is 11.3 Å². The molecule has 1 aromatic heterocycles. The van der Waals surface area contributed by atoms with Gasteiger partial charge >= 0.3 is 0 Å². The van der Waals surface area contributed by atoms with Gasteiger partial charge in [0.25, 0.3) is 0 Å². The maximum atomic E-state index is 11.6. The summed E-state index contributed by atoms with van der Waals surface area (Å²) in [6.45, 7) is 0.957. The van der Waals surface area contributed by atoms with Gasteiger partial charge in [-0.1, -0.05) is 30.3 Å². The lowest BCUT2D eigenvalue weighted by Crippen LogP contribution is -2.16. The van der Waals surface area contributed by atoms with Crippen molar-refractivity contribution in [3.05, 3.63) is 40.7 Å². The average Bonchev–Trinajstić information content (AvgIpc) is 2.88. The quantitative estimate of drug-likeness (QED) is 0.784. The highest BCUT2D eigenvalue weighted by Gasteiger charge is 2.09. The molecule has 19 heavy (non-hydrogen) atoms. The molecule has 1 heterocycles. The number of nitrogens with zero attached hydrogens (tertiary/aromatic N) is 1. The van der Waals surface area contributed by atoms with Crippen LogP contribution in [-0.4, -0.2) is 30.5 Å². The summed E-state index contributed by atoms with van der Waals surface area (Å²) in [5, 5.41) is 2.79. The topological polar surface area (TPSA) is 65.2 Å². The molecule has 0 bridgehead atoms. The number of ether oxygens (including phenoxy) is 1. The zero-order valence-electron chi connectivity index (χ0n) is 10.5. The largest absolute Gasteiger partial charge is 0.372 e. The SMILES string of the molecule is NCCOCC(=O)Cc1nc(-c2ccccc2)cs1. The Bertz CT molecular complexity index is 525. The lowest BCUT2D eigenvalue weighted by Gasteiger charge is -2.00. The minimum absolute atomic E-state index is 0.0300. The fourth-order valence-corrected chi connectivity index (χ4v) is 2.45. The molecule has 0 fully saturated rings. The van der Waals surface area contributed by atoms with Crippen LogP contribution in [0.4, 0.5) is 0 Å². The van der Waals surface area contributed by atoms with Gasteiger partial charge in [-0.3, -0.25) is 4.79 Å². The van der Waals surface area contributed by atoms with Crippen LogP contribution in [0.1, 0.15) is 5.01 Å². The van der Waals surface area contributed by atoms with Crippen LogP contribution >= 0.6 is 11.3 Å². The van der Waals surface area contributed by atoms with Crippen molar-refractivity contribution in [3.8, 4) is 11.3 Å². The van der Waals surface area contributed by atoms with Gasteiger partial charge in [-0.25, -0.2) is 4.98 Å². The van der Waals surface area contributed by atoms with E-state index in [2.05, 4.69) is 4.98 Å². The molecule has 0 unspecified atom stereocenters. The van der Waals surface area contributed by atoms with Crippen LogP contribution in [-0.2, 0) is 16.0 Å². The number of benzene rings is 1. The van der Waals surface area contributed by atoms with E-state index in [-0.39, 0.29) is 12.4 Å². The zero-order valence-corrected chi connectivity index (χ0v) is 11.4. The van der Waals surface area contributed by atoms with Crippen molar-refractivity contribution in [1.29, 1.82) is 0 Å². The first kappa shape index (κ1) is 13.9. The summed E-state index contributed by atoms with van der Waals surface area (Å²) in [5.41, 5.74) is 7.27. The van der Waals surface area contributed by atoms with Crippen molar-refractivity contribution in [1.82, 2.24) is 4.98 Å². The molecular weight excluding hydrogens is 260 g/mol. The maximum absolute atomic E-state index is 11.6. The molecule has 5 heteroatoms. The lowest BCUT2D eigenvalue weighted by atomic mass is 10.2. The van der Waals surface area contributed by atoms with Crippen molar-refractivity contribution in [2.75, 3.05) is 19.8 Å². The molecular formula is C14H16N2O2S. The molecule has 0 saturated heterocycles. The first-order chi connectivity index (χ1) is 9.29. The standard InChI is InChI=1S/C14H16N2O2S/c15-6-7-18-9-12(17)8-14-16-13(10-19-14)11-4-2-1-3-5-11/h1-5,10H,6-9,15H2. The number of rotatable bonds is 7. The van der Waals surface area contributed by atoms with Gasteiger partial charge < -0.3 is 10.5 Å². The number of thiazole rings is 1. The van der Waals surface area contributed by atoms with Gasteiger partial charge in [0.15, 0.2) is 5.78 Å². The zero-order chi connectivity index (χ0) is 13.5. The highest BCUT2D eigenvalue weighted by atomic mass is 32.1. The Balaban J connectivity index is 1.93. The minimum Gasteiger partial charge on any atom is -0.372 e.